The van der Waals surface area contributed by atoms with Gasteiger partial charge >= 0.3 is 5.63 Å². The van der Waals surface area contributed by atoms with Gasteiger partial charge in [-0.3, -0.25) is 4.79 Å². The van der Waals surface area contributed by atoms with Gasteiger partial charge in [-0.25, -0.2) is 9.78 Å². The van der Waals surface area contributed by atoms with Crippen molar-refractivity contribution in [2.75, 3.05) is 5.32 Å². The second-order valence-corrected chi connectivity index (χ2v) is 8.02. The molecule has 0 atom stereocenters. The maximum absolute atomic E-state index is 13.6. The van der Waals surface area contributed by atoms with Crippen molar-refractivity contribution in [1.82, 2.24) is 10.1 Å². The summed E-state index contributed by atoms with van der Waals surface area (Å²) in [5.41, 5.74) is 3.45. The van der Waals surface area contributed by atoms with Crippen molar-refractivity contribution < 1.29 is 18.2 Å². The van der Waals surface area contributed by atoms with E-state index in [9.17, 15) is 9.59 Å². The van der Waals surface area contributed by atoms with E-state index in [4.69, 9.17) is 13.4 Å². The first kappa shape index (κ1) is 20.6. The van der Waals surface area contributed by atoms with E-state index < -0.39 is 11.5 Å². The van der Waals surface area contributed by atoms with Crippen LogP contribution in [0.2, 0.25) is 0 Å². The Kier molecular flexibility index (Phi) is 4.77. The van der Waals surface area contributed by atoms with Gasteiger partial charge in [-0.05, 0) is 42.8 Å². The molecule has 4 aromatic heterocycles. The number of hydrogen-bond donors (Lipinski definition) is 1. The van der Waals surface area contributed by atoms with Crippen LogP contribution in [0.3, 0.4) is 0 Å². The van der Waals surface area contributed by atoms with Crippen LogP contribution in [0.15, 0.2) is 97.2 Å². The van der Waals surface area contributed by atoms with Crippen LogP contribution in [0.25, 0.3) is 44.8 Å². The number of carbonyl (C=O) groups excluding carboxylic acids is 1. The number of pyridine rings is 1. The van der Waals surface area contributed by atoms with Crippen LogP contribution >= 0.6 is 0 Å². The average Bonchev–Trinajstić information content (AvgIpc) is 3.54. The zero-order chi connectivity index (χ0) is 23.9. The van der Waals surface area contributed by atoms with Gasteiger partial charge in [0.1, 0.15) is 17.0 Å². The summed E-state index contributed by atoms with van der Waals surface area (Å²) in [4.78, 5) is 29.9. The van der Waals surface area contributed by atoms with Crippen molar-refractivity contribution in [1.29, 1.82) is 0 Å². The minimum Gasteiger partial charge on any atom is -0.463 e. The summed E-state index contributed by atoms with van der Waals surface area (Å²) in [5.74, 6) is 0.0847. The van der Waals surface area contributed by atoms with Gasteiger partial charge in [-0.1, -0.05) is 35.5 Å². The molecule has 0 radical (unpaired) electrons. The molecular formula is C27H17N3O5. The molecule has 1 N–H and O–H groups in total. The minimum absolute atomic E-state index is 0.211. The number of fused-ring (bicyclic) bond motifs is 2. The Morgan fingerprint density at radius 2 is 1.83 bits per heavy atom. The number of nitrogens with zero attached hydrogens (tertiary/aromatic N) is 2. The van der Waals surface area contributed by atoms with E-state index in [1.807, 2.05) is 37.3 Å². The highest BCUT2D eigenvalue weighted by molar-refractivity contribution is 6.15. The summed E-state index contributed by atoms with van der Waals surface area (Å²) < 4.78 is 16.3. The maximum atomic E-state index is 13.6. The highest BCUT2D eigenvalue weighted by Crippen LogP contribution is 2.33. The number of aromatic nitrogens is 2. The first-order chi connectivity index (χ1) is 17.1. The molecule has 0 saturated heterocycles. The van der Waals surface area contributed by atoms with Gasteiger partial charge in [0.15, 0.2) is 5.76 Å². The summed E-state index contributed by atoms with van der Waals surface area (Å²) >= 11 is 0. The average molecular weight is 463 g/mol. The molecule has 0 aliphatic heterocycles. The molecular weight excluding hydrogens is 446 g/mol. The Hall–Kier alpha value is -4.98. The van der Waals surface area contributed by atoms with Crippen LogP contribution < -0.4 is 10.9 Å². The Morgan fingerprint density at radius 3 is 2.63 bits per heavy atom. The number of furan rings is 1. The molecule has 8 heteroatoms. The van der Waals surface area contributed by atoms with Crippen LogP contribution in [0.1, 0.15) is 15.9 Å². The fourth-order valence-electron chi connectivity index (χ4n) is 4.07. The summed E-state index contributed by atoms with van der Waals surface area (Å²) in [6.45, 7) is 1.83. The SMILES string of the molecule is Cc1cc(=O)oc2cc(NC(=O)c3cc(-c4ccco4)nc4onc(-c5ccccc5)c34)ccc12. The van der Waals surface area contributed by atoms with E-state index in [1.54, 1.807) is 36.4 Å². The molecule has 170 valence electrons. The number of benzene rings is 2. The molecule has 0 saturated carbocycles. The highest BCUT2D eigenvalue weighted by Gasteiger charge is 2.23. The fourth-order valence-corrected chi connectivity index (χ4v) is 4.07. The van der Waals surface area contributed by atoms with Gasteiger partial charge in [0.2, 0.25) is 0 Å². The van der Waals surface area contributed by atoms with E-state index in [1.165, 1.54) is 12.3 Å². The zero-order valence-electron chi connectivity index (χ0n) is 18.4. The van der Waals surface area contributed by atoms with Crippen molar-refractivity contribution in [2.45, 2.75) is 6.92 Å². The smallest absolute Gasteiger partial charge is 0.336 e. The second-order valence-electron chi connectivity index (χ2n) is 8.02. The lowest BCUT2D eigenvalue weighted by molar-refractivity contribution is 0.102. The predicted molar refractivity (Wildman–Crippen MR) is 130 cm³/mol. The largest absolute Gasteiger partial charge is 0.463 e. The zero-order valence-corrected chi connectivity index (χ0v) is 18.4. The number of hydrogen-bond acceptors (Lipinski definition) is 7. The molecule has 0 spiro atoms. The normalized spacial score (nSPS) is 11.2. The number of amides is 1. The van der Waals surface area contributed by atoms with Crippen molar-refractivity contribution in [2.24, 2.45) is 0 Å². The molecule has 8 nitrogen and oxygen atoms in total. The van der Waals surface area contributed by atoms with Gasteiger partial charge in [0, 0.05) is 28.8 Å². The summed E-state index contributed by atoms with van der Waals surface area (Å²) in [7, 11) is 0. The molecule has 35 heavy (non-hydrogen) atoms. The van der Waals surface area contributed by atoms with E-state index in [-0.39, 0.29) is 5.71 Å². The second kappa shape index (κ2) is 8.11. The molecule has 2 aromatic carbocycles. The Morgan fingerprint density at radius 1 is 0.971 bits per heavy atom. The molecule has 6 aromatic rings. The Bertz CT molecular complexity index is 1770. The molecule has 0 aliphatic carbocycles. The molecule has 4 heterocycles. The summed E-state index contributed by atoms with van der Waals surface area (Å²) in [6, 6.07) is 21.2. The molecule has 0 bridgehead atoms. The standard InChI is InChI=1S/C27H17N3O5/c1-15-12-23(31)34-22-13-17(9-10-18(15)22)28-26(32)19-14-20(21-8-5-11-33-21)29-27-24(19)25(30-35-27)16-6-3-2-4-7-16/h2-14H,1H3,(H,28,32). The van der Waals surface area contributed by atoms with Crippen molar-refractivity contribution in [3.63, 3.8) is 0 Å². The molecule has 1 amide bonds. The monoisotopic (exact) mass is 463 g/mol. The van der Waals surface area contributed by atoms with Crippen molar-refractivity contribution in [3.8, 4) is 22.7 Å². The van der Waals surface area contributed by atoms with E-state index >= 15 is 0 Å². The maximum Gasteiger partial charge on any atom is 0.336 e. The third-order valence-corrected chi connectivity index (χ3v) is 5.72. The topological polar surface area (TPSA) is 111 Å². The fraction of sp³-hybridized carbons (Fsp3) is 0.0370. The minimum atomic E-state index is -0.450. The first-order valence-electron chi connectivity index (χ1n) is 10.8. The van der Waals surface area contributed by atoms with Crippen LogP contribution in [0, 0.1) is 6.92 Å². The Balaban J connectivity index is 1.49. The van der Waals surface area contributed by atoms with Crippen LogP contribution in [0.4, 0.5) is 5.69 Å². The van der Waals surface area contributed by atoms with Crippen LogP contribution in [-0.4, -0.2) is 16.0 Å². The lowest BCUT2D eigenvalue weighted by Gasteiger charge is -2.09. The lowest BCUT2D eigenvalue weighted by atomic mass is 10.0. The predicted octanol–water partition coefficient (Wildman–Crippen LogP) is 5.82. The molecule has 0 fully saturated rings. The lowest BCUT2D eigenvalue weighted by Crippen LogP contribution is -2.13. The molecule has 0 aliphatic rings. The van der Waals surface area contributed by atoms with Gasteiger partial charge in [-0.15, -0.1) is 0 Å². The van der Waals surface area contributed by atoms with E-state index in [2.05, 4.69) is 15.5 Å². The first-order valence-corrected chi connectivity index (χ1v) is 10.8. The number of nitrogens with one attached hydrogen (secondary N) is 1. The summed E-state index contributed by atoms with van der Waals surface area (Å²) in [5, 5.41) is 8.36. The van der Waals surface area contributed by atoms with E-state index in [0.717, 1.165) is 16.5 Å². The third kappa shape index (κ3) is 3.67. The highest BCUT2D eigenvalue weighted by atomic mass is 16.5. The van der Waals surface area contributed by atoms with Crippen molar-refractivity contribution in [3.05, 3.63) is 101 Å². The van der Waals surface area contributed by atoms with E-state index in [0.29, 0.717) is 39.4 Å². The number of anilines is 1. The van der Waals surface area contributed by atoms with Crippen molar-refractivity contribution >= 4 is 33.7 Å². The molecule has 6 rings (SSSR count). The summed E-state index contributed by atoms with van der Waals surface area (Å²) in [6.07, 6.45) is 1.53. The quantitative estimate of drug-likeness (QED) is 0.328. The van der Waals surface area contributed by atoms with Gasteiger partial charge in [0.05, 0.1) is 17.2 Å². The molecule has 0 unspecified atom stereocenters. The number of carbonyl (C=O) groups is 1. The van der Waals surface area contributed by atoms with Gasteiger partial charge in [0.25, 0.3) is 11.6 Å². The van der Waals surface area contributed by atoms with Gasteiger partial charge < -0.3 is 18.7 Å². The number of aryl methyl sites for hydroxylation is 1. The number of rotatable bonds is 4. The Labute approximate surface area is 197 Å². The third-order valence-electron chi connectivity index (χ3n) is 5.72. The van der Waals surface area contributed by atoms with Gasteiger partial charge in [-0.2, -0.15) is 0 Å². The van der Waals surface area contributed by atoms with Crippen LogP contribution in [-0.2, 0) is 0 Å². The van der Waals surface area contributed by atoms with Crippen LogP contribution in [0.5, 0.6) is 0 Å².